The van der Waals surface area contributed by atoms with E-state index in [1.165, 1.54) is 48.4 Å². The van der Waals surface area contributed by atoms with Gasteiger partial charge in [-0.25, -0.2) is 9.59 Å². The van der Waals surface area contributed by atoms with Crippen LogP contribution in [0.1, 0.15) is 40.0 Å². The van der Waals surface area contributed by atoms with Crippen molar-refractivity contribution in [1.29, 1.82) is 0 Å². The first kappa shape index (κ1) is 22.8. The van der Waals surface area contributed by atoms with Crippen molar-refractivity contribution in [1.82, 2.24) is 0 Å². The van der Waals surface area contributed by atoms with Crippen molar-refractivity contribution in [2.75, 3.05) is 23.9 Å². The Morgan fingerprint density at radius 3 is 2.20 bits per heavy atom. The lowest BCUT2D eigenvalue weighted by atomic mass is 9.81. The van der Waals surface area contributed by atoms with E-state index in [0.717, 1.165) is 19.3 Å². The SMILES string of the molecule is COC(=O)c1ccc(NC(=O)COC(=O)c2cccc(N3C(=O)[C@@H]4[C@H]5CC[C@@H](C5)[C@H]4C3=O)c2)cc1. The van der Waals surface area contributed by atoms with E-state index in [1.54, 1.807) is 12.1 Å². The molecule has 4 atom stereocenters. The lowest BCUT2D eigenvalue weighted by Gasteiger charge is -2.19. The van der Waals surface area contributed by atoms with Gasteiger partial charge in [0.15, 0.2) is 6.61 Å². The fraction of sp³-hybridized carbons (Fsp3) is 0.346. The molecule has 0 aromatic heterocycles. The van der Waals surface area contributed by atoms with E-state index in [9.17, 15) is 24.0 Å². The molecule has 1 aliphatic heterocycles. The molecule has 2 aliphatic carbocycles. The fourth-order valence-electron chi connectivity index (χ4n) is 5.65. The topological polar surface area (TPSA) is 119 Å². The van der Waals surface area contributed by atoms with Crippen molar-refractivity contribution in [2.45, 2.75) is 19.3 Å². The van der Waals surface area contributed by atoms with Gasteiger partial charge in [0.1, 0.15) is 0 Å². The Kier molecular flexibility index (Phi) is 5.84. The van der Waals surface area contributed by atoms with Gasteiger partial charge < -0.3 is 14.8 Å². The van der Waals surface area contributed by atoms with Crippen LogP contribution in [0.5, 0.6) is 0 Å². The van der Waals surface area contributed by atoms with Gasteiger partial charge in [-0.05, 0) is 73.6 Å². The van der Waals surface area contributed by atoms with Crippen LogP contribution in [0, 0.1) is 23.7 Å². The number of methoxy groups -OCH3 is 1. The summed E-state index contributed by atoms with van der Waals surface area (Å²) in [7, 11) is 1.28. The molecule has 5 rings (SSSR count). The zero-order valence-corrected chi connectivity index (χ0v) is 19.1. The standard InChI is InChI=1S/C26H24N2O7/c1-34-25(32)14-7-9-18(10-8-14)27-20(29)13-35-26(33)17-3-2-4-19(12-17)28-23(30)21-15-5-6-16(11-15)22(21)24(28)31/h2-4,7-10,12,15-16,21-22H,5-6,11,13H2,1H3,(H,27,29)/t15-,16-,21+,22+/m0/s1. The highest BCUT2D eigenvalue weighted by Crippen LogP contribution is 2.56. The van der Waals surface area contributed by atoms with Gasteiger partial charge >= 0.3 is 11.9 Å². The molecule has 0 radical (unpaired) electrons. The van der Waals surface area contributed by atoms with Crippen molar-refractivity contribution in [3.8, 4) is 0 Å². The van der Waals surface area contributed by atoms with E-state index >= 15 is 0 Å². The quantitative estimate of drug-likeness (QED) is 0.503. The third-order valence-electron chi connectivity index (χ3n) is 7.19. The van der Waals surface area contributed by atoms with E-state index < -0.39 is 24.5 Å². The van der Waals surface area contributed by atoms with E-state index in [1.807, 2.05) is 0 Å². The number of ether oxygens (including phenoxy) is 2. The number of hydrogen-bond donors (Lipinski definition) is 1. The number of esters is 2. The number of nitrogens with zero attached hydrogens (tertiary/aromatic N) is 1. The Balaban J connectivity index is 1.20. The average Bonchev–Trinajstić information content (AvgIpc) is 3.56. The number of carbonyl (C=O) groups is 5. The van der Waals surface area contributed by atoms with Crippen LogP contribution in [-0.4, -0.2) is 43.4 Å². The first-order valence-electron chi connectivity index (χ1n) is 11.5. The molecule has 2 aromatic carbocycles. The number of imide groups is 1. The van der Waals surface area contributed by atoms with Crippen LogP contribution >= 0.6 is 0 Å². The number of rotatable bonds is 6. The second kappa shape index (κ2) is 8.98. The van der Waals surface area contributed by atoms with Crippen molar-refractivity contribution < 1.29 is 33.4 Å². The molecule has 9 heteroatoms. The number of benzene rings is 2. The van der Waals surface area contributed by atoms with Crippen molar-refractivity contribution in [3.63, 3.8) is 0 Å². The number of hydrogen-bond acceptors (Lipinski definition) is 7. The summed E-state index contributed by atoms with van der Waals surface area (Å²) in [6.45, 7) is -0.531. The first-order chi connectivity index (χ1) is 16.9. The monoisotopic (exact) mass is 476 g/mol. The maximum atomic E-state index is 13.0. The Morgan fingerprint density at radius 2 is 1.57 bits per heavy atom. The Bertz CT molecular complexity index is 1190. The van der Waals surface area contributed by atoms with Crippen molar-refractivity contribution in [3.05, 3.63) is 59.7 Å². The number of nitrogens with one attached hydrogen (secondary N) is 1. The summed E-state index contributed by atoms with van der Waals surface area (Å²) in [5.74, 6) is -2.12. The molecule has 1 N–H and O–H groups in total. The van der Waals surface area contributed by atoms with Gasteiger partial charge in [0.05, 0.1) is 35.8 Å². The molecule has 1 heterocycles. The molecule has 0 spiro atoms. The number of carbonyl (C=O) groups excluding carboxylic acids is 5. The zero-order valence-electron chi connectivity index (χ0n) is 19.1. The summed E-state index contributed by atoms with van der Waals surface area (Å²) in [5.41, 5.74) is 1.24. The highest BCUT2D eigenvalue weighted by Gasteiger charge is 2.61. The van der Waals surface area contributed by atoms with Gasteiger partial charge in [-0.2, -0.15) is 0 Å². The van der Waals surface area contributed by atoms with Crippen molar-refractivity contribution >= 4 is 41.0 Å². The van der Waals surface area contributed by atoms with Crippen LogP contribution in [0.3, 0.4) is 0 Å². The van der Waals surface area contributed by atoms with Gasteiger partial charge in [-0.15, -0.1) is 0 Å². The molecule has 180 valence electrons. The number of anilines is 2. The molecule has 3 aliphatic rings. The minimum atomic E-state index is -0.748. The highest BCUT2D eigenvalue weighted by molar-refractivity contribution is 6.22. The first-order valence-corrected chi connectivity index (χ1v) is 11.5. The van der Waals surface area contributed by atoms with Crippen LogP contribution in [-0.2, 0) is 23.9 Å². The Labute approximate surface area is 201 Å². The minimum Gasteiger partial charge on any atom is -0.465 e. The van der Waals surface area contributed by atoms with Gasteiger partial charge in [0.2, 0.25) is 11.8 Å². The highest BCUT2D eigenvalue weighted by atomic mass is 16.5. The minimum absolute atomic E-state index is 0.137. The lowest BCUT2D eigenvalue weighted by Crippen LogP contribution is -2.32. The Hall–Kier alpha value is -4.01. The second-order valence-corrected chi connectivity index (χ2v) is 9.14. The molecule has 1 saturated heterocycles. The largest absolute Gasteiger partial charge is 0.465 e. The van der Waals surface area contributed by atoms with Gasteiger partial charge in [0, 0.05) is 5.69 Å². The fourth-order valence-corrected chi connectivity index (χ4v) is 5.65. The van der Waals surface area contributed by atoms with Gasteiger partial charge in [0.25, 0.3) is 5.91 Å². The second-order valence-electron chi connectivity index (χ2n) is 9.14. The molecule has 3 amide bonds. The molecule has 0 unspecified atom stereocenters. The summed E-state index contributed by atoms with van der Waals surface area (Å²) in [5, 5.41) is 2.57. The van der Waals surface area contributed by atoms with Crippen LogP contribution in [0.15, 0.2) is 48.5 Å². The van der Waals surface area contributed by atoms with E-state index in [-0.39, 0.29) is 41.0 Å². The molecule has 3 fully saturated rings. The molecule has 2 saturated carbocycles. The lowest BCUT2D eigenvalue weighted by molar-refractivity contribution is -0.123. The molecular formula is C26H24N2O7. The molecule has 35 heavy (non-hydrogen) atoms. The zero-order chi connectivity index (χ0) is 24.7. The predicted molar refractivity (Wildman–Crippen MR) is 123 cm³/mol. The summed E-state index contributed by atoms with van der Waals surface area (Å²) in [6.07, 6.45) is 2.93. The van der Waals surface area contributed by atoms with Crippen molar-refractivity contribution in [2.24, 2.45) is 23.7 Å². The van der Waals surface area contributed by atoms with Gasteiger partial charge in [-0.3, -0.25) is 19.3 Å². The number of fused-ring (bicyclic) bond motifs is 5. The summed E-state index contributed by atoms with van der Waals surface area (Å²) in [6, 6.07) is 12.2. The van der Waals surface area contributed by atoms with Gasteiger partial charge in [-0.1, -0.05) is 6.07 Å². The van der Waals surface area contributed by atoms with E-state index in [2.05, 4.69) is 10.1 Å². The van der Waals surface area contributed by atoms with Crippen LogP contribution < -0.4 is 10.2 Å². The molecular weight excluding hydrogens is 452 g/mol. The maximum Gasteiger partial charge on any atom is 0.338 e. The predicted octanol–water partition coefficient (Wildman–Crippen LogP) is 2.80. The van der Waals surface area contributed by atoms with Crippen LogP contribution in [0.25, 0.3) is 0 Å². The third-order valence-corrected chi connectivity index (χ3v) is 7.19. The van der Waals surface area contributed by atoms with Crippen LogP contribution in [0.2, 0.25) is 0 Å². The average molecular weight is 476 g/mol. The molecule has 2 aromatic rings. The summed E-state index contributed by atoms with van der Waals surface area (Å²) in [4.78, 5) is 63.5. The third kappa shape index (κ3) is 4.07. The summed E-state index contributed by atoms with van der Waals surface area (Å²) >= 11 is 0. The molecule has 2 bridgehead atoms. The number of amides is 3. The van der Waals surface area contributed by atoms with E-state index in [4.69, 9.17) is 4.74 Å². The Morgan fingerprint density at radius 1 is 0.914 bits per heavy atom. The molecule has 9 nitrogen and oxygen atoms in total. The van der Waals surface area contributed by atoms with E-state index in [0.29, 0.717) is 16.9 Å². The normalized spacial score (nSPS) is 24.3. The van der Waals surface area contributed by atoms with Crippen LogP contribution in [0.4, 0.5) is 11.4 Å². The smallest absolute Gasteiger partial charge is 0.338 e. The maximum absolute atomic E-state index is 13.0. The summed E-state index contributed by atoms with van der Waals surface area (Å²) < 4.78 is 9.74.